The van der Waals surface area contributed by atoms with Crippen molar-refractivity contribution in [1.82, 2.24) is 15.2 Å². The van der Waals surface area contributed by atoms with Gasteiger partial charge in [0, 0.05) is 29.9 Å². The molecule has 1 aliphatic rings. The number of pyridine rings is 1. The number of hydrogen-bond donors (Lipinski definition) is 1. The van der Waals surface area contributed by atoms with Crippen LogP contribution in [0.3, 0.4) is 0 Å². The Morgan fingerprint density at radius 2 is 1.97 bits per heavy atom. The van der Waals surface area contributed by atoms with E-state index in [-0.39, 0.29) is 11.8 Å². The van der Waals surface area contributed by atoms with Crippen LogP contribution in [-0.4, -0.2) is 48.4 Å². The van der Waals surface area contributed by atoms with Gasteiger partial charge < -0.3 is 19.4 Å². The molecule has 0 saturated carbocycles. The molecule has 0 bridgehead atoms. The first-order valence-corrected chi connectivity index (χ1v) is 10.6. The van der Waals surface area contributed by atoms with Crippen LogP contribution in [0, 0.1) is 6.92 Å². The van der Waals surface area contributed by atoms with Crippen molar-refractivity contribution in [1.29, 1.82) is 0 Å². The smallest absolute Gasteiger partial charge is 0.254 e. The van der Waals surface area contributed by atoms with Crippen molar-refractivity contribution < 1.29 is 18.7 Å². The number of ether oxygens (including phenoxy) is 1. The number of aryl methyl sites for hydroxylation is 1. The lowest BCUT2D eigenvalue weighted by Gasteiger charge is -2.33. The first-order chi connectivity index (χ1) is 15.5. The molecule has 1 atom stereocenters. The van der Waals surface area contributed by atoms with Crippen LogP contribution in [0.25, 0.3) is 21.9 Å². The van der Waals surface area contributed by atoms with E-state index in [0.717, 1.165) is 27.6 Å². The van der Waals surface area contributed by atoms with Crippen LogP contribution >= 0.6 is 0 Å². The summed E-state index contributed by atoms with van der Waals surface area (Å²) in [5, 5.41) is 4.38. The number of benzene rings is 2. The SMILES string of the molecule is CNC(=O)c1cc([C@@H]2CN(C(=O)c3ccc4oc(C)cc4c3)CCO2)nc2ccccc12. The third-order valence-corrected chi connectivity index (χ3v) is 5.78. The Kier molecular flexibility index (Phi) is 5.11. The fraction of sp³-hybridized carbons (Fsp3) is 0.240. The topological polar surface area (TPSA) is 84.7 Å². The molecule has 1 fully saturated rings. The third-order valence-electron chi connectivity index (χ3n) is 5.78. The average molecular weight is 429 g/mol. The molecule has 2 aromatic heterocycles. The largest absolute Gasteiger partial charge is 0.461 e. The van der Waals surface area contributed by atoms with Crippen LogP contribution in [-0.2, 0) is 4.74 Å². The molecule has 0 radical (unpaired) electrons. The second kappa shape index (κ2) is 8.09. The Morgan fingerprint density at radius 3 is 2.81 bits per heavy atom. The van der Waals surface area contributed by atoms with E-state index in [4.69, 9.17) is 14.1 Å². The molecule has 1 saturated heterocycles. The number of carbonyl (C=O) groups is 2. The summed E-state index contributed by atoms with van der Waals surface area (Å²) in [5.74, 6) is 0.564. The maximum absolute atomic E-state index is 13.2. The number of hydrogen-bond acceptors (Lipinski definition) is 5. The van der Waals surface area contributed by atoms with E-state index in [0.29, 0.717) is 36.5 Å². The number of morpholine rings is 1. The van der Waals surface area contributed by atoms with Crippen molar-refractivity contribution in [3.05, 3.63) is 77.2 Å². The fourth-order valence-electron chi connectivity index (χ4n) is 4.19. The number of aromatic nitrogens is 1. The number of furan rings is 1. The van der Waals surface area contributed by atoms with Crippen LogP contribution < -0.4 is 5.32 Å². The summed E-state index contributed by atoms with van der Waals surface area (Å²) in [6.45, 7) is 3.14. The molecule has 3 heterocycles. The lowest BCUT2D eigenvalue weighted by Crippen LogP contribution is -2.42. The van der Waals surface area contributed by atoms with Gasteiger partial charge in [0.2, 0.25) is 0 Å². The van der Waals surface area contributed by atoms with Crippen LogP contribution in [0.4, 0.5) is 0 Å². The van der Waals surface area contributed by atoms with Crippen molar-refractivity contribution in [2.45, 2.75) is 13.0 Å². The Bertz CT molecular complexity index is 1340. The molecule has 4 aromatic rings. The van der Waals surface area contributed by atoms with Gasteiger partial charge in [-0.3, -0.25) is 9.59 Å². The first kappa shape index (κ1) is 20.2. The van der Waals surface area contributed by atoms with Gasteiger partial charge in [-0.1, -0.05) is 18.2 Å². The quantitative estimate of drug-likeness (QED) is 0.535. The lowest BCUT2D eigenvalue weighted by molar-refractivity contribution is -0.0246. The summed E-state index contributed by atoms with van der Waals surface area (Å²) in [5.41, 5.74) is 3.27. The highest BCUT2D eigenvalue weighted by Gasteiger charge is 2.28. The summed E-state index contributed by atoms with van der Waals surface area (Å²) in [7, 11) is 1.60. The molecular weight excluding hydrogens is 406 g/mol. The van der Waals surface area contributed by atoms with Crippen LogP contribution in [0.5, 0.6) is 0 Å². The number of nitrogens with one attached hydrogen (secondary N) is 1. The summed E-state index contributed by atoms with van der Waals surface area (Å²) >= 11 is 0. The number of nitrogens with zero attached hydrogens (tertiary/aromatic N) is 2. The molecule has 0 unspecified atom stereocenters. The zero-order valence-electron chi connectivity index (χ0n) is 17.9. The molecule has 2 amide bonds. The van der Waals surface area contributed by atoms with Crippen LogP contribution in [0.15, 0.2) is 59.0 Å². The highest BCUT2D eigenvalue weighted by atomic mass is 16.5. The molecule has 7 heteroatoms. The van der Waals surface area contributed by atoms with Gasteiger partial charge in [-0.15, -0.1) is 0 Å². The van der Waals surface area contributed by atoms with Crippen molar-refractivity contribution in [2.24, 2.45) is 0 Å². The van der Waals surface area contributed by atoms with Crippen molar-refractivity contribution in [2.75, 3.05) is 26.7 Å². The number of para-hydroxylation sites is 1. The van der Waals surface area contributed by atoms with Crippen LogP contribution in [0.1, 0.15) is 38.3 Å². The third kappa shape index (κ3) is 3.61. The maximum atomic E-state index is 13.2. The van der Waals surface area contributed by atoms with E-state index >= 15 is 0 Å². The molecular formula is C25H23N3O4. The standard InChI is InChI=1S/C25H23N3O4/c1-15-11-17-12-16(7-8-22(17)32-15)25(30)28-9-10-31-23(14-28)21-13-19(24(29)26-2)18-5-3-4-6-20(18)27-21/h3-8,11-13,23H,9-10,14H2,1-2H3,(H,26,29)/t23-/m0/s1. The van der Waals surface area contributed by atoms with E-state index in [9.17, 15) is 9.59 Å². The summed E-state index contributed by atoms with van der Waals surface area (Å²) in [6.07, 6.45) is -0.416. The molecule has 162 valence electrons. The Balaban J connectivity index is 1.44. The molecule has 32 heavy (non-hydrogen) atoms. The van der Waals surface area contributed by atoms with Crippen molar-refractivity contribution >= 4 is 33.7 Å². The molecule has 5 rings (SSSR count). The summed E-state index contributed by atoms with van der Waals surface area (Å²) < 4.78 is 11.6. The molecule has 1 N–H and O–H groups in total. The predicted octanol–water partition coefficient (Wildman–Crippen LogP) is 3.86. The Labute approximate surface area is 185 Å². The molecule has 2 aromatic carbocycles. The minimum absolute atomic E-state index is 0.0635. The number of amides is 2. The zero-order chi connectivity index (χ0) is 22.2. The van der Waals surface area contributed by atoms with Gasteiger partial charge in [0.05, 0.1) is 29.9 Å². The minimum Gasteiger partial charge on any atom is -0.461 e. The number of fused-ring (bicyclic) bond motifs is 2. The van der Waals surface area contributed by atoms with E-state index in [2.05, 4.69) is 5.32 Å². The van der Waals surface area contributed by atoms with Gasteiger partial charge in [0.25, 0.3) is 11.8 Å². The van der Waals surface area contributed by atoms with Gasteiger partial charge in [0.1, 0.15) is 17.4 Å². The minimum atomic E-state index is -0.416. The molecule has 0 aliphatic carbocycles. The zero-order valence-corrected chi connectivity index (χ0v) is 17.9. The van der Waals surface area contributed by atoms with Gasteiger partial charge in [-0.2, -0.15) is 0 Å². The summed E-state index contributed by atoms with van der Waals surface area (Å²) in [6, 6.07) is 16.7. The normalized spacial score (nSPS) is 16.4. The van der Waals surface area contributed by atoms with Crippen LogP contribution in [0.2, 0.25) is 0 Å². The predicted molar refractivity (Wildman–Crippen MR) is 121 cm³/mol. The second-order valence-corrected chi connectivity index (χ2v) is 7.91. The highest BCUT2D eigenvalue weighted by molar-refractivity contribution is 6.06. The van der Waals surface area contributed by atoms with Crippen molar-refractivity contribution in [3.8, 4) is 0 Å². The first-order valence-electron chi connectivity index (χ1n) is 10.6. The number of rotatable bonds is 3. The van der Waals surface area contributed by atoms with E-state index < -0.39 is 6.10 Å². The average Bonchev–Trinajstić information content (AvgIpc) is 3.21. The van der Waals surface area contributed by atoms with E-state index in [1.165, 1.54) is 0 Å². The van der Waals surface area contributed by atoms with Gasteiger partial charge in [-0.25, -0.2) is 4.98 Å². The van der Waals surface area contributed by atoms with E-state index in [1.807, 2.05) is 49.4 Å². The van der Waals surface area contributed by atoms with Gasteiger partial charge >= 0.3 is 0 Å². The van der Waals surface area contributed by atoms with Gasteiger partial charge in [0.15, 0.2) is 0 Å². The Hall–Kier alpha value is -3.71. The van der Waals surface area contributed by atoms with E-state index in [1.54, 1.807) is 24.1 Å². The monoisotopic (exact) mass is 429 g/mol. The number of carbonyl (C=O) groups excluding carboxylic acids is 2. The second-order valence-electron chi connectivity index (χ2n) is 7.91. The lowest BCUT2D eigenvalue weighted by atomic mass is 10.0. The highest BCUT2D eigenvalue weighted by Crippen LogP contribution is 2.27. The summed E-state index contributed by atoms with van der Waals surface area (Å²) in [4.78, 5) is 32.2. The van der Waals surface area contributed by atoms with Gasteiger partial charge in [-0.05, 0) is 43.3 Å². The molecule has 7 nitrogen and oxygen atoms in total. The Morgan fingerprint density at radius 1 is 1.12 bits per heavy atom. The molecule has 0 spiro atoms. The maximum Gasteiger partial charge on any atom is 0.254 e. The molecule has 1 aliphatic heterocycles. The fourth-order valence-corrected chi connectivity index (χ4v) is 4.19. The van der Waals surface area contributed by atoms with Crippen molar-refractivity contribution in [3.63, 3.8) is 0 Å².